The van der Waals surface area contributed by atoms with Crippen molar-refractivity contribution >= 4 is 22.5 Å². The first-order valence-corrected chi connectivity index (χ1v) is 9.52. The molecule has 4 aromatic rings. The lowest BCUT2D eigenvalue weighted by Gasteiger charge is -2.07. The maximum absolute atomic E-state index is 13.1. The van der Waals surface area contributed by atoms with E-state index in [1.54, 1.807) is 4.57 Å². The first-order chi connectivity index (χ1) is 14.3. The molecule has 0 aliphatic carbocycles. The largest absolute Gasteiger partial charge is 0.507 e. The van der Waals surface area contributed by atoms with Crippen LogP contribution in [0.15, 0.2) is 66.9 Å². The Balaban J connectivity index is 1.75. The van der Waals surface area contributed by atoms with Gasteiger partial charge in [-0.1, -0.05) is 30.3 Å². The summed E-state index contributed by atoms with van der Waals surface area (Å²) < 4.78 is 1.59. The second-order valence-electron chi connectivity index (χ2n) is 7.41. The van der Waals surface area contributed by atoms with Gasteiger partial charge < -0.3 is 5.11 Å². The lowest BCUT2D eigenvalue weighted by molar-refractivity contribution is -0.384. The fraction of sp³-hybridized carbons (Fsp3) is 0.125. The van der Waals surface area contributed by atoms with Crippen LogP contribution in [0.2, 0.25) is 0 Å². The Morgan fingerprint density at radius 2 is 1.67 bits per heavy atom. The molecule has 0 aliphatic heterocycles. The molecule has 0 saturated heterocycles. The van der Waals surface area contributed by atoms with Crippen LogP contribution in [0.5, 0.6) is 5.75 Å². The quantitative estimate of drug-likeness (QED) is 0.379. The number of rotatable bonds is 4. The van der Waals surface area contributed by atoms with E-state index in [4.69, 9.17) is 0 Å². The predicted octanol–water partition coefficient (Wildman–Crippen LogP) is 5.15. The fourth-order valence-corrected chi connectivity index (χ4v) is 3.79. The molecule has 6 heteroatoms. The van der Waals surface area contributed by atoms with Crippen molar-refractivity contribution in [3.63, 3.8) is 0 Å². The molecule has 1 heterocycles. The Morgan fingerprint density at radius 3 is 2.30 bits per heavy atom. The number of nitro benzene ring substituents is 1. The second kappa shape index (κ2) is 7.48. The van der Waals surface area contributed by atoms with E-state index < -0.39 is 4.92 Å². The molecule has 6 nitrogen and oxygen atoms in total. The molecule has 0 spiro atoms. The Labute approximate surface area is 173 Å². The van der Waals surface area contributed by atoms with Gasteiger partial charge in [-0.15, -0.1) is 0 Å². The molecule has 0 radical (unpaired) electrons. The molecule has 0 unspecified atom stereocenters. The average molecular weight is 400 g/mol. The van der Waals surface area contributed by atoms with Gasteiger partial charge in [-0.2, -0.15) is 0 Å². The maximum atomic E-state index is 13.1. The molecule has 4 rings (SSSR count). The van der Waals surface area contributed by atoms with Crippen molar-refractivity contribution in [2.45, 2.75) is 20.3 Å². The van der Waals surface area contributed by atoms with Gasteiger partial charge in [-0.3, -0.25) is 19.5 Å². The normalized spacial score (nSPS) is 11.0. The summed E-state index contributed by atoms with van der Waals surface area (Å²) in [5.74, 6) is 0.0555. The van der Waals surface area contributed by atoms with Crippen molar-refractivity contribution in [3.05, 3.63) is 105 Å². The number of non-ortho nitro benzene ring substituents is 1. The second-order valence-corrected chi connectivity index (χ2v) is 7.41. The van der Waals surface area contributed by atoms with Crippen molar-refractivity contribution < 1.29 is 14.8 Å². The summed E-state index contributed by atoms with van der Waals surface area (Å²) in [6, 6.07) is 17.2. The van der Waals surface area contributed by atoms with Gasteiger partial charge in [-0.05, 0) is 60.7 Å². The van der Waals surface area contributed by atoms with Crippen molar-refractivity contribution in [2.24, 2.45) is 0 Å². The zero-order valence-corrected chi connectivity index (χ0v) is 16.6. The molecule has 0 bridgehead atoms. The third-order valence-corrected chi connectivity index (χ3v) is 5.28. The summed E-state index contributed by atoms with van der Waals surface area (Å²) in [4.78, 5) is 23.5. The SMILES string of the molecule is Cc1cc(Cc2cn(C(=O)c3ccc([N+](=O)[O-])cc3)c3ccccc23)cc(C)c1O. The van der Waals surface area contributed by atoms with E-state index in [1.165, 1.54) is 24.3 Å². The molecular formula is C24H20N2O4. The van der Waals surface area contributed by atoms with Gasteiger partial charge >= 0.3 is 0 Å². The van der Waals surface area contributed by atoms with Crippen LogP contribution in [0.1, 0.15) is 32.6 Å². The van der Waals surface area contributed by atoms with Gasteiger partial charge in [0.25, 0.3) is 11.6 Å². The van der Waals surface area contributed by atoms with Crippen LogP contribution in [-0.4, -0.2) is 20.5 Å². The van der Waals surface area contributed by atoms with Crippen molar-refractivity contribution in [2.75, 3.05) is 0 Å². The number of hydrogen-bond acceptors (Lipinski definition) is 4. The average Bonchev–Trinajstić information content (AvgIpc) is 3.10. The van der Waals surface area contributed by atoms with E-state index in [2.05, 4.69) is 0 Å². The molecule has 1 N–H and O–H groups in total. The number of phenols is 1. The molecule has 0 amide bonds. The molecule has 0 saturated carbocycles. The Bertz CT molecular complexity index is 1260. The number of aryl methyl sites for hydroxylation is 2. The maximum Gasteiger partial charge on any atom is 0.269 e. The highest BCUT2D eigenvalue weighted by Gasteiger charge is 2.17. The van der Waals surface area contributed by atoms with E-state index in [0.717, 1.165) is 33.2 Å². The van der Waals surface area contributed by atoms with Gasteiger partial charge in [0.2, 0.25) is 0 Å². The summed E-state index contributed by atoms with van der Waals surface area (Å²) in [6.45, 7) is 3.74. The summed E-state index contributed by atoms with van der Waals surface area (Å²) in [5, 5.41) is 21.9. The van der Waals surface area contributed by atoms with Crippen LogP contribution >= 0.6 is 0 Å². The first kappa shape index (κ1) is 19.4. The lowest BCUT2D eigenvalue weighted by atomic mass is 9.99. The number of nitro groups is 1. The summed E-state index contributed by atoms with van der Waals surface area (Å²) >= 11 is 0. The van der Waals surface area contributed by atoms with E-state index >= 15 is 0 Å². The zero-order valence-electron chi connectivity index (χ0n) is 16.6. The third-order valence-electron chi connectivity index (χ3n) is 5.28. The van der Waals surface area contributed by atoms with Gasteiger partial charge in [0, 0.05) is 29.3 Å². The summed E-state index contributed by atoms with van der Waals surface area (Å²) in [6.07, 6.45) is 2.44. The number of aromatic hydroxyl groups is 1. The van der Waals surface area contributed by atoms with Crippen LogP contribution in [0.3, 0.4) is 0 Å². The number of carbonyl (C=O) groups excluding carboxylic acids is 1. The van der Waals surface area contributed by atoms with Crippen LogP contribution in [-0.2, 0) is 6.42 Å². The van der Waals surface area contributed by atoms with Crippen molar-refractivity contribution in [3.8, 4) is 5.75 Å². The van der Waals surface area contributed by atoms with E-state index in [-0.39, 0.29) is 11.6 Å². The molecule has 0 aliphatic rings. The Hall–Kier alpha value is -3.93. The molecule has 3 aromatic carbocycles. The Kier molecular flexibility index (Phi) is 4.83. The van der Waals surface area contributed by atoms with Gasteiger partial charge in [-0.25, -0.2) is 0 Å². The number of nitrogens with zero attached hydrogens (tertiary/aromatic N) is 2. The number of phenolic OH excluding ortho intramolecular Hbond substituents is 1. The summed E-state index contributed by atoms with van der Waals surface area (Å²) in [5.41, 5.74) is 4.78. The van der Waals surface area contributed by atoms with Gasteiger partial charge in [0.1, 0.15) is 5.75 Å². The molecule has 0 fully saturated rings. The van der Waals surface area contributed by atoms with Crippen molar-refractivity contribution in [1.29, 1.82) is 0 Å². The molecule has 30 heavy (non-hydrogen) atoms. The number of benzene rings is 3. The molecular weight excluding hydrogens is 380 g/mol. The smallest absolute Gasteiger partial charge is 0.269 e. The third kappa shape index (κ3) is 3.43. The highest BCUT2D eigenvalue weighted by Crippen LogP contribution is 2.28. The van der Waals surface area contributed by atoms with Crippen LogP contribution in [0.25, 0.3) is 10.9 Å². The standard InChI is InChI=1S/C24H20N2O4/c1-15-11-17(12-16(2)23(15)27)13-19-14-25(22-6-4-3-5-21(19)22)24(28)18-7-9-20(10-8-18)26(29)30/h3-12,14,27H,13H2,1-2H3. The molecule has 0 atom stereocenters. The summed E-state index contributed by atoms with van der Waals surface area (Å²) in [7, 11) is 0. The van der Waals surface area contributed by atoms with E-state index in [9.17, 15) is 20.0 Å². The van der Waals surface area contributed by atoms with Gasteiger partial charge in [0.15, 0.2) is 0 Å². The van der Waals surface area contributed by atoms with Crippen molar-refractivity contribution in [1.82, 2.24) is 4.57 Å². The van der Waals surface area contributed by atoms with Crippen LogP contribution in [0.4, 0.5) is 5.69 Å². The highest BCUT2D eigenvalue weighted by molar-refractivity contribution is 6.03. The van der Waals surface area contributed by atoms with Gasteiger partial charge in [0.05, 0.1) is 10.4 Å². The number of carbonyl (C=O) groups is 1. The lowest BCUT2D eigenvalue weighted by Crippen LogP contribution is -2.10. The number of aromatic nitrogens is 1. The number of para-hydroxylation sites is 1. The number of hydrogen-bond donors (Lipinski definition) is 1. The monoisotopic (exact) mass is 400 g/mol. The number of fused-ring (bicyclic) bond motifs is 1. The minimum absolute atomic E-state index is 0.0531. The highest BCUT2D eigenvalue weighted by atomic mass is 16.6. The van der Waals surface area contributed by atoms with E-state index in [1.807, 2.05) is 56.4 Å². The minimum atomic E-state index is -0.487. The van der Waals surface area contributed by atoms with Crippen LogP contribution in [0, 0.1) is 24.0 Å². The zero-order chi connectivity index (χ0) is 21.4. The topological polar surface area (TPSA) is 85.4 Å². The first-order valence-electron chi connectivity index (χ1n) is 9.52. The van der Waals surface area contributed by atoms with Crippen LogP contribution < -0.4 is 0 Å². The Morgan fingerprint density at radius 1 is 1.03 bits per heavy atom. The molecule has 1 aromatic heterocycles. The molecule has 150 valence electrons. The van der Waals surface area contributed by atoms with E-state index in [0.29, 0.717) is 17.7 Å². The fourth-order valence-electron chi connectivity index (χ4n) is 3.79. The predicted molar refractivity (Wildman–Crippen MR) is 115 cm³/mol. The minimum Gasteiger partial charge on any atom is -0.507 e.